The molecule has 1 aromatic carbocycles. The number of nitrogens with zero attached hydrogens (tertiary/aromatic N) is 1. The molecule has 1 amide bonds. The Bertz CT molecular complexity index is 471. The molecule has 0 aromatic heterocycles. The van der Waals surface area contributed by atoms with Crippen LogP contribution in [0, 0.1) is 13.8 Å². The van der Waals surface area contributed by atoms with Crippen LogP contribution >= 0.6 is 0 Å². The first-order valence-corrected chi connectivity index (χ1v) is 5.62. The minimum Gasteiger partial charge on any atom is -0.480 e. The van der Waals surface area contributed by atoms with Crippen molar-refractivity contribution in [3.05, 3.63) is 34.9 Å². The Labute approximate surface area is 106 Å². The molecular weight excluding hydrogens is 232 g/mol. The lowest BCUT2D eigenvalue weighted by Crippen LogP contribution is -2.46. The van der Waals surface area contributed by atoms with Gasteiger partial charge in [-0.1, -0.05) is 23.8 Å². The van der Waals surface area contributed by atoms with Crippen LogP contribution in [0.5, 0.6) is 0 Å². The summed E-state index contributed by atoms with van der Waals surface area (Å²) in [6, 6.07) is 4.44. The van der Waals surface area contributed by atoms with Crippen LogP contribution in [0.25, 0.3) is 0 Å². The number of aryl methyl sites for hydroxylation is 2. The second kappa shape index (κ2) is 5.64. The number of likely N-dealkylation sites (N-methyl/N-ethyl adjacent to an activating group) is 1. The van der Waals surface area contributed by atoms with Gasteiger partial charge in [0, 0.05) is 13.6 Å². The zero-order valence-corrected chi connectivity index (χ0v) is 10.8. The van der Waals surface area contributed by atoms with E-state index < -0.39 is 17.9 Å². The topological polar surface area (TPSA) is 83.6 Å². The average Bonchev–Trinajstić information content (AvgIpc) is 2.31. The zero-order valence-electron chi connectivity index (χ0n) is 10.8. The summed E-state index contributed by atoms with van der Waals surface area (Å²) in [7, 11) is 1.55. The van der Waals surface area contributed by atoms with Gasteiger partial charge in [-0.3, -0.25) is 4.79 Å². The standard InChI is InChI=1S/C13H18N2O3/c1-8-4-5-9(2)10(6-8)7-15(3)12(16)11(14)13(17)18/h4-6,11H,7,14H2,1-3H3,(H,17,18). The highest BCUT2D eigenvalue weighted by Gasteiger charge is 2.24. The van der Waals surface area contributed by atoms with Gasteiger partial charge in [0.2, 0.25) is 0 Å². The van der Waals surface area contributed by atoms with E-state index in [4.69, 9.17) is 10.8 Å². The van der Waals surface area contributed by atoms with E-state index in [1.54, 1.807) is 7.05 Å². The SMILES string of the molecule is Cc1ccc(C)c(CN(C)C(=O)C(N)C(=O)O)c1. The molecule has 98 valence electrons. The normalized spacial score (nSPS) is 12.0. The number of hydrogen-bond acceptors (Lipinski definition) is 3. The first-order chi connectivity index (χ1) is 8.32. The fourth-order valence-corrected chi connectivity index (χ4v) is 1.65. The molecule has 5 heteroatoms. The number of hydrogen-bond donors (Lipinski definition) is 2. The van der Waals surface area contributed by atoms with Crippen LogP contribution < -0.4 is 5.73 Å². The van der Waals surface area contributed by atoms with Gasteiger partial charge in [0.25, 0.3) is 5.91 Å². The molecule has 1 atom stereocenters. The molecule has 1 rings (SSSR count). The van der Waals surface area contributed by atoms with Crippen LogP contribution in [-0.2, 0) is 16.1 Å². The molecular formula is C13H18N2O3. The Morgan fingerprint density at radius 2 is 2.00 bits per heavy atom. The molecule has 0 aliphatic heterocycles. The lowest BCUT2D eigenvalue weighted by Gasteiger charge is -2.20. The minimum atomic E-state index is -1.50. The number of benzene rings is 1. The molecule has 0 aliphatic rings. The molecule has 0 radical (unpaired) electrons. The lowest BCUT2D eigenvalue weighted by atomic mass is 10.1. The van der Waals surface area contributed by atoms with E-state index in [-0.39, 0.29) is 0 Å². The van der Waals surface area contributed by atoms with Crippen molar-refractivity contribution in [3.63, 3.8) is 0 Å². The third-order valence-electron chi connectivity index (χ3n) is 2.82. The summed E-state index contributed by atoms with van der Waals surface area (Å²) in [6.45, 7) is 4.27. The Morgan fingerprint density at radius 3 is 2.56 bits per heavy atom. The molecule has 0 heterocycles. The Kier molecular flexibility index (Phi) is 4.44. The van der Waals surface area contributed by atoms with Crippen molar-refractivity contribution >= 4 is 11.9 Å². The lowest BCUT2D eigenvalue weighted by molar-refractivity contribution is -0.146. The third-order valence-corrected chi connectivity index (χ3v) is 2.82. The van der Waals surface area contributed by atoms with Crippen LogP contribution in [0.1, 0.15) is 16.7 Å². The molecule has 0 saturated carbocycles. The van der Waals surface area contributed by atoms with Crippen LogP contribution in [0.2, 0.25) is 0 Å². The Balaban J connectivity index is 2.81. The summed E-state index contributed by atoms with van der Waals surface area (Å²) in [4.78, 5) is 23.7. The molecule has 5 nitrogen and oxygen atoms in total. The van der Waals surface area contributed by atoms with Crippen molar-refractivity contribution < 1.29 is 14.7 Å². The van der Waals surface area contributed by atoms with E-state index in [2.05, 4.69) is 0 Å². The van der Waals surface area contributed by atoms with Crippen LogP contribution in [0.4, 0.5) is 0 Å². The van der Waals surface area contributed by atoms with Crippen molar-refractivity contribution in [2.45, 2.75) is 26.4 Å². The smallest absolute Gasteiger partial charge is 0.330 e. The predicted octanol–water partition coefficient (Wildman–Crippen LogP) is 0.674. The molecule has 0 bridgehead atoms. The number of aliphatic carboxylic acids is 1. The summed E-state index contributed by atoms with van der Waals surface area (Å²) in [5, 5.41) is 8.69. The number of nitrogens with two attached hydrogens (primary N) is 1. The van der Waals surface area contributed by atoms with Crippen LogP contribution in [0.15, 0.2) is 18.2 Å². The van der Waals surface area contributed by atoms with Gasteiger partial charge in [0.15, 0.2) is 6.04 Å². The molecule has 1 aromatic rings. The molecule has 0 aliphatic carbocycles. The number of carbonyl (C=O) groups is 2. The molecule has 3 N–H and O–H groups in total. The van der Waals surface area contributed by atoms with Gasteiger partial charge in [-0.25, -0.2) is 4.79 Å². The summed E-state index contributed by atoms with van der Waals surface area (Å²) < 4.78 is 0. The highest BCUT2D eigenvalue weighted by molar-refractivity contribution is 6.00. The largest absolute Gasteiger partial charge is 0.480 e. The van der Waals surface area contributed by atoms with E-state index in [9.17, 15) is 9.59 Å². The number of amides is 1. The van der Waals surface area contributed by atoms with Gasteiger partial charge in [-0.05, 0) is 25.0 Å². The maximum absolute atomic E-state index is 11.7. The predicted molar refractivity (Wildman–Crippen MR) is 68.0 cm³/mol. The monoisotopic (exact) mass is 250 g/mol. The van der Waals surface area contributed by atoms with E-state index >= 15 is 0 Å². The van der Waals surface area contributed by atoms with Crippen molar-refractivity contribution in [2.75, 3.05) is 7.05 Å². The van der Waals surface area contributed by atoms with Crippen molar-refractivity contribution in [3.8, 4) is 0 Å². The first-order valence-electron chi connectivity index (χ1n) is 5.62. The molecule has 0 spiro atoms. The van der Waals surface area contributed by atoms with Gasteiger partial charge in [0.05, 0.1) is 0 Å². The minimum absolute atomic E-state index is 0.354. The van der Waals surface area contributed by atoms with Crippen molar-refractivity contribution in [1.29, 1.82) is 0 Å². The van der Waals surface area contributed by atoms with Gasteiger partial charge in [-0.15, -0.1) is 0 Å². The highest BCUT2D eigenvalue weighted by atomic mass is 16.4. The number of carbonyl (C=O) groups excluding carboxylic acids is 1. The van der Waals surface area contributed by atoms with E-state index in [1.165, 1.54) is 4.90 Å². The number of carboxylic acids is 1. The van der Waals surface area contributed by atoms with Gasteiger partial charge < -0.3 is 15.7 Å². The number of rotatable bonds is 4. The van der Waals surface area contributed by atoms with E-state index in [0.29, 0.717) is 6.54 Å². The molecule has 18 heavy (non-hydrogen) atoms. The first kappa shape index (κ1) is 14.2. The van der Waals surface area contributed by atoms with Gasteiger partial charge >= 0.3 is 5.97 Å². The van der Waals surface area contributed by atoms with E-state index in [1.807, 2.05) is 32.0 Å². The van der Waals surface area contributed by atoms with Crippen LogP contribution in [-0.4, -0.2) is 35.0 Å². The highest BCUT2D eigenvalue weighted by Crippen LogP contribution is 2.13. The molecule has 0 fully saturated rings. The van der Waals surface area contributed by atoms with Gasteiger partial charge in [0.1, 0.15) is 0 Å². The summed E-state index contributed by atoms with van der Waals surface area (Å²) >= 11 is 0. The van der Waals surface area contributed by atoms with Crippen molar-refractivity contribution in [1.82, 2.24) is 4.90 Å². The second-order valence-corrected chi connectivity index (χ2v) is 4.44. The van der Waals surface area contributed by atoms with Crippen LogP contribution in [0.3, 0.4) is 0 Å². The molecule has 0 saturated heterocycles. The Hall–Kier alpha value is -1.88. The number of carboxylic acid groups (broad SMARTS) is 1. The second-order valence-electron chi connectivity index (χ2n) is 4.44. The zero-order chi connectivity index (χ0) is 13.9. The maximum Gasteiger partial charge on any atom is 0.330 e. The quantitative estimate of drug-likeness (QED) is 0.769. The summed E-state index contributed by atoms with van der Waals surface area (Å²) in [6.07, 6.45) is 0. The Morgan fingerprint density at radius 1 is 1.39 bits per heavy atom. The average molecular weight is 250 g/mol. The fraction of sp³-hybridized carbons (Fsp3) is 0.385. The third kappa shape index (κ3) is 3.30. The summed E-state index contributed by atoms with van der Waals surface area (Å²) in [5.74, 6) is -1.91. The summed E-state index contributed by atoms with van der Waals surface area (Å²) in [5.41, 5.74) is 8.44. The fourth-order valence-electron chi connectivity index (χ4n) is 1.65. The maximum atomic E-state index is 11.7. The van der Waals surface area contributed by atoms with Gasteiger partial charge in [-0.2, -0.15) is 0 Å². The van der Waals surface area contributed by atoms with E-state index in [0.717, 1.165) is 16.7 Å². The molecule has 1 unspecified atom stereocenters. The van der Waals surface area contributed by atoms with Crippen molar-refractivity contribution in [2.24, 2.45) is 5.73 Å².